The van der Waals surface area contributed by atoms with E-state index in [1.165, 1.54) is 5.56 Å². The van der Waals surface area contributed by atoms with Crippen molar-refractivity contribution in [2.24, 2.45) is 0 Å². The maximum Gasteiger partial charge on any atom is 0.214 e. The first kappa shape index (κ1) is 12.5. The molecule has 0 radical (unpaired) electrons. The Balaban J connectivity index is 2.15. The number of hydrogen-bond donors (Lipinski definition) is 1. The van der Waals surface area contributed by atoms with Crippen LogP contribution in [0.15, 0.2) is 28.8 Å². The Kier molecular flexibility index (Phi) is 3.55. The highest BCUT2D eigenvalue weighted by Gasteiger charge is 2.12. The van der Waals surface area contributed by atoms with Crippen molar-refractivity contribution in [1.82, 2.24) is 4.98 Å². The van der Waals surface area contributed by atoms with Crippen LogP contribution in [-0.2, 0) is 0 Å². The predicted octanol–water partition coefficient (Wildman–Crippen LogP) is 3.47. The highest BCUT2D eigenvalue weighted by molar-refractivity contribution is 5.47. The van der Waals surface area contributed by atoms with Crippen LogP contribution >= 0.6 is 0 Å². The van der Waals surface area contributed by atoms with E-state index in [2.05, 4.69) is 23.3 Å². The third-order valence-corrected chi connectivity index (χ3v) is 2.87. The highest BCUT2D eigenvalue weighted by Crippen LogP contribution is 2.25. The summed E-state index contributed by atoms with van der Waals surface area (Å²) in [4.78, 5) is 4.08. The lowest BCUT2D eigenvalue weighted by Gasteiger charge is -2.14. The normalized spacial score (nSPS) is 12.2. The van der Waals surface area contributed by atoms with Gasteiger partial charge in [0.05, 0.1) is 13.2 Å². The topological polar surface area (TPSA) is 47.3 Å². The number of hydrogen-bond acceptors (Lipinski definition) is 4. The summed E-state index contributed by atoms with van der Waals surface area (Å²) in [5, 5.41) is 3.41. The van der Waals surface area contributed by atoms with Gasteiger partial charge in [0.25, 0.3) is 0 Å². The number of anilines is 1. The molecular formula is C14H18N2O2. The first-order valence-corrected chi connectivity index (χ1v) is 5.93. The van der Waals surface area contributed by atoms with E-state index in [-0.39, 0.29) is 6.04 Å². The molecule has 0 fully saturated rings. The summed E-state index contributed by atoms with van der Waals surface area (Å²) in [5.41, 5.74) is 2.15. The highest BCUT2D eigenvalue weighted by atomic mass is 16.5. The molecule has 0 aliphatic rings. The summed E-state index contributed by atoms with van der Waals surface area (Å²) in [6.07, 6.45) is 1.72. The van der Waals surface area contributed by atoms with E-state index in [0.717, 1.165) is 17.2 Å². The molecule has 2 aromatic heterocycles. The number of ether oxygens (including phenoxy) is 1. The molecule has 2 heterocycles. The van der Waals surface area contributed by atoms with Gasteiger partial charge >= 0.3 is 0 Å². The largest absolute Gasteiger partial charge is 0.481 e. The molecule has 1 atom stereocenters. The minimum atomic E-state index is 0.176. The third-order valence-electron chi connectivity index (χ3n) is 2.87. The molecule has 2 aromatic rings. The quantitative estimate of drug-likeness (QED) is 0.897. The van der Waals surface area contributed by atoms with Crippen molar-refractivity contribution < 1.29 is 9.15 Å². The minimum Gasteiger partial charge on any atom is -0.481 e. The number of nitrogens with zero attached hydrogens (tertiary/aromatic N) is 1. The molecule has 0 amide bonds. The van der Waals surface area contributed by atoms with Gasteiger partial charge in [-0.3, -0.25) is 0 Å². The summed E-state index contributed by atoms with van der Waals surface area (Å²) in [7, 11) is 1.61. The Hall–Kier alpha value is -1.97. The maximum atomic E-state index is 5.54. The van der Waals surface area contributed by atoms with Crippen LogP contribution in [0, 0.1) is 13.8 Å². The fourth-order valence-corrected chi connectivity index (χ4v) is 2.02. The molecule has 1 unspecified atom stereocenters. The van der Waals surface area contributed by atoms with Crippen LogP contribution < -0.4 is 10.1 Å². The van der Waals surface area contributed by atoms with Gasteiger partial charge in [0.1, 0.15) is 11.5 Å². The van der Waals surface area contributed by atoms with Crippen molar-refractivity contribution in [2.75, 3.05) is 12.4 Å². The summed E-state index contributed by atoms with van der Waals surface area (Å²) in [5.74, 6) is 2.49. The van der Waals surface area contributed by atoms with Crippen LogP contribution in [0.5, 0.6) is 5.88 Å². The van der Waals surface area contributed by atoms with E-state index in [9.17, 15) is 0 Å². The number of nitrogens with one attached hydrogen (secondary N) is 1. The number of methoxy groups -OCH3 is 1. The molecule has 4 nitrogen and oxygen atoms in total. The number of rotatable bonds is 4. The van der Waals surface area contributed by atoms with Crippen LogP contribution in [0.3, 0.4) is 0 Å². The zero-order valence-corrected chi connectivity index (χ0v) is 11.2. The molecule has 0 aliphatic heterocycles. The lowest BCUT2D eigenvalue weighted by Crippen LogP contribution is -2.07. The molecule has 0 spiro atoms. The van der Waals surface area contributed by atoms with Crippen molar-refractivity contribution in [3.05, 3.63) is 41.5 Å². The lowest BCUT2D eigenvalue weighted by atomic mass is 10.1. The second-order valence-corrected chi connectivity index (χ2v) is 4.32. The van der Waals surface area contributed by atoms with Gasteiger partial charge in [-0.15, -0.1) is 0 Å². The van der Waals surface area contributed by atoms with Gasteiger partial charge in [0.15, 0.2) is 0 Å². The van der Waals surface area contributed by atoms with Gasteiger partial charge in [0.2, 0.25) is 5.88 Å². The third kappa shape index (κ3) is 2.64. The lowest BCUT2D eigenvalue weighted by molar-refractivity contribution is 0.398. The van der Waals surface area contributed by atoms with Crippen molar-refractivity contribution in [2.45, 2.75) is 26.8 Å². The molecule has 1 N–H and O–H groups in total. The van der Waals surface area contributed by atoms with E-state index in [1.807, 2.05) is 26.0 Å². The van der Waals surface area contributed by atoms with Crippen LogP contribution in [0.2, 0.25) is 0 Å². The van der Waals surface area contributed by atoms with Gasteiger partial charge < -0.3 is 14.5 Å². The van der Waals surface area contributed by atoms with Crippen molar-refractivity contribution >= 4 is 5.69 Å². The molecule has 4 heteroatoms. The molecule has 0 aromatic carbocycles. The maximum absolute atomic E-state index is 5.54. The van der Waals surface area contributed by atoms with Gasteiger partial charge in [0, 0.05) is 23.5 Å². The molecular weight excluding hydrogens is 228 g/mol. The molecule has 2 rings (SSSR count). The molecule has 0 saturated heterocycles. The average Bonchev–Trinajstić information content (AvgIpc) is 2.69. The smallest absolute Gasteiger partial charge is 0.214 e. The standard InChI is InChI=1S/C14H18N2O2/c1-9-7-13(11(3)18-9)10(2)16-12-5-6-15-14(8-12)17-4/h5-8,10H,1-4H3,(H,15,16). The Morgan fingerprint density at radius 3 is 2.72 bits per heavy atom. The Labute approximate surface area is 107 Å². The van der Waals surface area contributed by atoms with Crippen molar-refractivity contribution in [3.8, 4) is 5.88 Å². The summed E-state index contributed by atoms with van der Waals surface area (Å²) in [6.45, 7) is 6.04. The first-order chi connectivity index (χ1) is 8.60. The number of aryl methyl sites for hydroxylation is 2. The summed E-state index contributed by atoms with van der Waals surface area (Å²) >= 11 is 0. The van der Waals surface area contributed by atoms with Crippen molar-refractivity contribution in [3.63, 3.8) is 0 Å². The van der Waals surface area contributed by atoms with Gasteiger partial charge in [-0.25, -0.2) is 4.98 Å². The van der Waals surface area contributed by atoms with Crippen LogP contribution in [0.4, 0.5) is 5.69 Å². The van der Waals surface area contributed by atoms with Crippen LogP contribution in [0.1, 0.15) is 30.0 Å². The van der Waals surface area contributed by atoms with E-state index >= 15 is 0 Å². The second-order valence-electron chi connectivity index (χ2n) is 4.32. The van der Waals surface area contributed by atoms with E-state index < -0.39 is 0 Å². The minimum absolute atomic E-state index is 0.176. The fourth-order valence-electron chi connectivity index (χ4n) is 2.02. The Morgan fingerprint density at radius 1 is 1.33 bits per heavy atom. The van der Waals surface area contributed by atoms with Gasteiger partial charge in [-0.1, -0.05) is 0 Å². The predicted molar refractivity (Wildman–Crippen MR) is 71.0 cm³/mol. The zero-order valence-electron chi connectivity index (χ0n) is 11.2. The van der Waals surface area contributed by atoms with Gasteiger partial charge in [-0.2, -0.15) is 0 Å². The number of pyridine rings is 1. The monoisotopic (exact) mass is 246 g/mol. The van der Waals surface area contributed by atoms with E-state index in [4.69, 9.17) is 9.15 Å². The molecule has 18 heavy (non-hydrogen) atoms. The summed E-state index contributed by atoms with van der Waals surface area (Å²) < 4.78 is 10.6. The fraction of sp³-hybridized carbons (Fsp3) is 0.357. The summed E-state index contributed by atoms with van der Waals surface area (Å²) in [6, 6.07) is 6.03. The molecule has 0 aliphatic carbocycles. The number of aromatic nitrogens is 1. The van der Waals surface area contributed by atoms with Crippen LogP contribution in [-0.4, -0.2) is 12.1 Å². The molecule has 0 saturated carbocycles. The number of furan rings is 1. The molecule has 96 valence electrons. The van der Waals surface area contributed by atoms with E-state index in [1.54, 1.807) is 13.3 Å². The second kappa shape index (κ2) is 5.12. The van der Waals surface area contributed by atoms with E-state index in [0.29, 0.717) is 5.88 Å². The SMILES string of the molecule is COc1cc(NC(C)c2cc(C)oc2C)ccn1. The molecule has 0 bridgehead atoms. The average molecular weight is 246 g/mol. The van der Waals surface area contributed by atoms with Crippen LogP contribution in [0.25, 0.3) is 0 Å². The van der Waals surface area contributed by atoms with Gasteiger partial charge in [-0.05, 0) is 32.9 Å². The van der Waals surface area contributed by atoms with Crippen molar-refractivity contribution in [1.29, 1.82) is 0 Å². The zero-order chi connectivity index (χ0) is 13.1. The Morgan fingerprint density at radius 2 is 2.11 bits per heavy atom. The Bertz CT molecular complexity index is 534. The first-order valence-electron chi connectivity index (χ1n) is 5.93.